The molecule has 1 amide bonds. The highest BCUT2D eigenvalue weighted by molar-refractivity contribution is 5.82. The Morgan fingerprint density at radius 3 is 2.48 bits per heavy atom. The molecule has 130 valence electrons. The molecule has 2 aliphatic rings. The first-order chi connectivity index (χ1) is 12.2. The predicted octanol–water partition coefficient (Wildman–Crippen LogP) is 1.35. The van der Waals surface area contributed by atoms with E-state index >= 15 is 0 Å². The van der Waals surface area contributed by atoms with Gasteiger partial charge in [-0.15, -0.1) is 0 Å². The minimum atomic E-state index is -0.613. The van der Waals surface area contributed by atoms with E-state index in [1.165, 1.54) is 0 Å². The van der Waals surface area contributed by atoms with Gasteiger partial charge in [0.2, 0.25) is 6.10 Å². The van der Waals surface area contributed by atoms with Crippen LogP contribution in [-0.2, 0) is 4.79 Å². The lowest BCUT2D eigenvalue weighted by atomic mass is 10.1. The van der Waals surface area contributed by atoms with Crippen molar-refractivity contribution in [1.29, 1.82) is 0 Å². The molecular formula is C18H20N4O3. The average Bonchev–Trinajstić information content (AvgIpc) is 2.68. The molecule has 0 bridgehead atoms. The lowest BCUT2D eigenvalue weighted by Gasteiger charge is -2.39. The van der Waals surface area contributed by atoms with Crippen LogP contribution in [0.3, 0.4) is 0 Å². The second-order valence-corrected chi connectivity index (χ2v) is 6.18. The highest BCUT2D eigenvalue weighted by Crippen LogP contribution is 2.34. The Bertz CT molecular complexity index is 747. The van der Waals surface area contributed by atoms with Gasteiger partial charge in [0.05, 0.1) is 6.20 Å². The summed E-state index contributed by atoms with van der Waals surface area (Å²) >= 11 is 0. The molecule has 0 unspecified atom stereocenters. The summed E-state index contributed by atoms with van der Waals surface area (Å²) in [5.74, 6) is 2.12. The molecule has 2 aliphatic heterocycles. The van der Waals surface area contributed by atoms with Crippen LogP contribution in [0.25, 0.3) is 0 Å². The number of piperazine rings is 1. The quantitative estimate of drug-likeness (QED) is 0.822. The number of anilines is 1. The van der Waals surface area contributed by atoms with Gasteiger partial charge in [0.15, 0.2) is 11.5 Å². The maximum Gasteiger partial charge on any atom is 0.267 e. The van der Waals surface area contributed by atoms with Gasteiger partial charge >= 0.3 is 0 Å². The van der Waals surface area contributed by atoms with Crippen molar-refractivity contribution in [2.24, 2.45) is 0 Å². The lowest BCUT2D eigenvalue weighted by Crippen LogP contribution is -2.56. The van der Waals surface area contributed by atoms with Gasteiger partial charge in [0.1, 0.15) is 11.9 Å². The summed E-state index contributed by atoms with van der Waals surface area (Å²) in [7, 11) is 0. The molecule has 1 fully saturated rings. The van der Waals surface area contributed by atoms with Crippen molar-refractivity contribution < 1.29 is 14.3 Å². The van der Waals surface area contributed by atoms with Crippen molar-refractivity contribution in [3.8, 4) is 11.5 Å². The van der Waals surface area contributed by atoms with Crippen LogP contribution >= 0.6 is 0 Å². The minimum Gasteiger partial charge on any atom is -0.482 e. The number of hydrogen-bond acceptors (Lipinski definition) is 6. The third-order valence-electron chi connectivity index (χ3n) is 4.55. The number of carbonyl (C=O) groups excluding carboxylic acids is 1. The van der Waals surface area contributed by atoms with E-state index in [1.54, 1.807) is 18.6 Å². The summed E-state index contributed by atoms with van der Waals surface area (Å²) in [6.07, 6.45) is 4.15. The van der Waals surface area contributed by atoms with Gasteiger partial charge in [0.25, 0.3) is 5.91 Å². The summed E-state index contributed by atoms with van der Waals surface area (Å²) < 4.78 is 11.8. The molecule has 1 saturated heterocycles. The van der Waals surface area contributed by atoms with Crippen molar-refractivity contribution in [3.63, 3.8) is 0 Å². The van der Waals surface area contributed by atoms with Gasteiger partial charge in [0, 0.05) is 38.6 Å². The molecule has 7 nitrogen and oxygen atoms in total. The number of amides is 1. The van der Waals surface area contributed by atoms with Crippen LogP contribution in [0.5, 0.6) is 11.5 Å². The molecule has 0 aliphatic carbocycles. The summed E-state index contributed by atoms with van der Waals surface area (Å²) in [6, 6.07) is 7.45. The fourth-order valence-electron chi connectivity index (χ4n) is 3.18. The van der Waals surface area contributed by atoms with Gasteiger partial charge in [-0.1, -0.05) is 12.1 Å². The molecule has 25 heavy (non-hydrogen) atoms. The van der Waals surface area contributed by atoms with Crippen LogP contribution in [0.2, 0.25) is 0 Å². The Kier molecular flexibility index (Phi) is 4.13. The van der Waals surface area contributed by atoms with Crippen LogP contribution in [0.1, 0.15) is 6.92 Å². The van der Waals surface area contributed by atoms with Gasteiger partial charge in [-0.25, -0.2) is 4.98 Å². The van der Waals surface area contributed by atoms with E-state index in [2.05, 4.69) is 14.9 Å². The van der Waals surface area contributed by atoms with Crippen molar-refractivity contribution >= 4 is 11.7 Å². The SMILES string of the molecule is C[C@H]1Oc2ccccc2O[C@@H]1C(=O)N1CCN(c2cnccn2)CC1. The number of carbonyl (C=O) groups is 1. The van der Waals surface area contributed by atoms with Crippen LogP contribution < -0.4 is 14.4 Å². The molecule has 0 saturated carbocycles. The number of ether oxygens (including phenoxy) is 2. The Hall–Kier alpha value is -2.83. The van der Waals surface area contributed by atoms with Crippen LogP contribution in [-0.4, -0.2) is 59.2 Å². The number of fused-ring (bicyclic) bond motifs is 1. The third-order valence-corrected chi connectivity index (χ3v) is 4.55. The molecule has 1 aromatic heterocycles. The Labute approximate surface area is 146 Å². The Balaban J connectivity index is 1.41. The van der Waals surface area contributed by atoms with Gasteiger partial charge in [-0.3, -0.25) is 9.78 Å². The van der Waals surface area contributed by atoms with Crippen LogP contribution in [0, 0.1) is 0 Å². The topological polar surface area (TPSA) is 67.8 Å². The van der Waals surface area contributed by atoms with E-state index in [4.69, 9.17) is 9.47 Å². The van der Waals surface area contributed by atoms with Crippen molar-refractivity contribution in [2.45, 2.75) is 19.1 Å². The van der Waals surface area contributed by atoms with Gasteiger partial charge in [-0.05, 0) is 19.1 Å². The second kappa shape index (κ2) is 6.58. The number of hydrogen-bond donors (Lipinski definition) is 0. The first-order valence-corrected chi connectivity index (χ1v) is 8.44. The van der Waals surface area contributed by atoms with Crippen LogP contribution in [0.4, 0.5) is 5.82 Å². The normalized spacial score (nSPS) is 22.6. The Morgan fingerprint density at radius 2 is 1.80 bits per heavy atom. The van der Waals surface area contributed by atoms with E-state index in [1.807, 2.05) is 36.1 Å². The molecule has 4 rings (SSSR count). The summed E-state index contributed by atoms with van der Waals surface area (Å²) in [4.78, 5) is 25.3. The van der Waals surface area contributed by atoms with Gasteiger partial charge < -0.3 is 19.3 Å². The zero-order chi connectivity index (χ0) is 17.2. The molecule has 2 atom stereocenters. The van der Waals surface area contributed by atoms with E-state index in [0.29, 0.717) is 24.6 Å². The zero-order valence-corrected chi connectivity index (χ0v) is 14.0. The van der Waals surface area contributed by atoms with E-state index < -0.39 is 6.10 Å². The molecule has 2 aromatic rings. The van der Waals surface area contributed by atoms with Crippen molar-refractivity contribution in [3.05, 3.63) is 42.9 Å². The number of benzene rings is 1. The van der Waals surface area contributed by atoms with E-state index in [-0.39, 0.29) is 12.0 Å². The van der Waals surface area contributed by atoms with E-state index in [0.717, 1.165) is 18.9 Å². The second-order valence-electron chi connectivity index (χ2n) is 6.18. The first kappa shape index (κ1) is 15.7. The monoisotopic (exact) mass is 340 g/mol. The fraction of sp³-hybridized carbons (Fsp3) is 0.389. The van der Waals surface area contributed by atoms with Gasteiger partial charge in [-0.2, -0.15) is 0 Å². The molecule has 1 aromatic carbocycles. The molecule has 0 N–H and O–H groups in total. The largest absolute Gasteiger partial charge is 0.482 e. The third kappa shape index (κ3) is 3.09. The number of nitrogens with zero attached hydrogens (tertiary/aromatic N) is 4. The maximum absolute atomic E-state index is 12.9. The molecule has 3 heterocycles. The highest BCUT2D eigenvalue weighted by atomic mass is 16.6. The number of para-hydroxylation sites is 2. The maximum atomic E-state index is 12.9. The highest BCUT2D eigenvalue weighted by Gasteiger charge is 2.37. The first-order valence-electron chi connectivity index (χ1n) is 8.44. The Morgan fingerprint density at radius 1 is 1.08 bits per heavy atom. The van der Waals surface area contributed by atoms with E-state index in [9.17, 15) is 4.79 Å². The van der Waals surface area contributed by atoms with Crippen LogP contribution in [0.15, 0.2) is 42.9 Å². The summed E-state index contributed by atoms with van der Waals surface area (Å²) in [5, 5.41) is 0. The summed E-state index contributed by atoms with van der Waals surface area (Å²) in [5.41, 5.74) is 0. The van der Waals surface area contributed by atoms with Crippen molar-refractivity contribution in [1.82, 2.24) is 14.9 Å². The molecule has 0 spiro atoms. The minimum absolute atomic E-state index is 0.0270. The lowest BCUT2D eigenvalue weighted by molar-refractivity contribution is -0.144. The summed E-state index contributed by atoms with van der Waals surface area (Å²) in [6.45, 7) is 4.58. The zero-order valence-electron chi connectivity index (χ0n) is 14.0. The molecule has 7 heteroatoms. The molecular weight excluding hydrogens is 320 g/mol. The molecule has 0 radical (unpaired) electrons. The number of aromatic nitrogens is 2. The standard InChI is InChI=1S/C18H20N4O3/c1-13-17(25-15-5-3-2-4-14(15)24-13)18(23)22-10-8-21(9-11-22)16-12-19-6-7-20-16/h2-7,12-13,17H,8-11H2,1H3/t13-,17+/m1/s1. The van der Waals surface area contributed by atoms with Crippen molar-refractivity contribution in [2.75, 3.05) is 31.1 Å². The smallest absolute Gasteiger partial charge is 0.267 e. The predicted molar refractivity (Wildman–Crippen MR) is 91.8 cm³/mol. The number of rotatable bonds is 2. The fourth-order valence-corrected chi connectivity index (χ4v) is 3.18. The average molecular weight is 340 g/mol.